The Bertz CT molecular complexity index is 1280. The number of rotatable bonds is 5. The van der Waals surface area contributed by atoms with E-state index < -0.39 is 0 Å². The third-order valence-corrected chi connectivity index (χ3v) is 9.05. The first-order valence-corrected chi connectivity index (χ1v) is 13.8. The molecule has 4 heterocycles. The lowest BCUT2D eigenvalue weighted by Gasteiger charge is -2.47. The molecule has 0 amide bonds. The van der Waals surface area contributed by atoms with Gasteiger partial charge in [-0.25, -0.2) is 4.68 Å². The number of tetrazole rings is 1. The Hall–Kier alpha value is -2.58. The number of hydrogen-bond acceptors (Lipinski definition) is 6. The summed E-state index contributed by atoms with van der Waals surface area (Å²) >= 11 is 0. The van der Waals surface area contributed by atoms with Crippen molar-refractivity contribution in [1.29, 1.82) is 0 Å². The summed E-state index contributed by atoms with van der Waals surface area (Å²) in [4.78, 5) is 19.4. The van der Waals surface area contributed by atoms with Crippen LogP contribution in [0.3, 0.4) is 0 Å². The van der Waals surface area contributed by atoms with Crippen molar-refractivity contribution in [2.45, 2.75) is 90.3 Å². The third kappa shape index (κ3) is 4.39. The van der Waals surface area contributed by atoms with Crippen LogP contribution in [0.1, 0.15) is 86.3 Å². The van der Waals surface area contributed by atoms with Gasteiger partial charge < -0.3 is 9.72 Å². The fraction of sp³-hybridized carbons (Fsp3) is 0.643. The normalized spacial score (nSPS) is 23.4. The fourth-order valence-corrected chi connectivity index (χ4v) is 6.94. The van der Waals surface area contributed by atoms with Gasteiger partial charge in [0, 0.05) is 18.7 Å². The standard InChI is InChI=1S/C28H38N6O2/c1-19-9-10-21-16-23(27(35)29-24(21)20(19)2)25(26-30-31-32-34(26)17-22-8-6-15-36-22)33-14-7-13-28(18-33)11-4-3-5-12-28/h9-10,16,22,25H,3-8,11-15,17-18H2,1-2H3,(H,29,35)/t22-,25+/m1/s1. The van der Waals surface area contributed by atoms with Gasteiger partial charge in [0.15, 0.2) is 5.82 Å². The van der Waals surface area contributed by atoms with E-state index in [1.54, 1.807) is 0 Å². The van der Waals surface area contributed by atoms with E-state index in [1.807, 2.05) is 4.68 Å². The molecular weight excluding hydrogens is 452 g/mol. The average Bonchev–Trinajstić information content (AvgIpc) is 3.56. The van der Waals surface area contributed by atoms with Crippen molar-refractivity contribution < 1.29 is 4.74 Å². The number of pyridine rings is 1. The number of piperidine rings is 1. The molecule has 1 spiro atoms. The van der Waals surface area contributed by atoms with E-state index in [9.17, 15) is 4.79 Å². The summed E-state index contributed by atoms with van der Waals surface area (Å²) in [7, 11) is 0. The molecule has 2 aromatic heterocycles. The van der Waals surface area contributed by atoms with E-state index in [0.717, 1.165) is 66.8 Å². The number of aromatic amines is 1. The molecule has 2 atom stereocenters. The number of nitrogens with one attached hydrogen (secondary N) is 1. The first-order chi connectivity index (χ1) is 17.5. The molecule has 3 fully saturated rings. The number of likely N-dealkylation sites (tertiary alicyclic amines) is 1. The lowest BCUT2D eigenvalue weighted by Crippen LogP contribution is -2.47. The second kappa shape index (κ2) is 9.71. The maximum Gasteiger partial charge on any atom is 0.253 e. The predicted molar refractivity (Wildman–Crippen MR) is 139 cm³/mol. The van der Waals surface area contributed by atoms with Crippen molar-refractivity contribution >= 4 is 10.9 Å². The van der Waals surface area contributed by atoms with Crippen LogP contribution in [-0.4, -0.2) is 55.9 Å². The highest BCUT2D eigenvalue weighted by Crippen LogP contribution is 2.45. The van der Waals surface area contributed by atoms with Crippen molar-refractivity contribution in [3.8, 4) is 0 Å². The molecule has 0 radical (unpaired) electrons. The van der Waals surface area contributed by atoms with Crippen molar-refractivity contribution in [2.24, 2.45) is 5.41 Å². The number of aromatic nitrogens is 5. The summed E-state index contributed by atoms with van der Waals surface area (Å²) in [5.74, 6) is 0.757. The lowest BCUT2D eigenvalue weighted by molar-refractivity contribution is 0.0326. The second-order valence-corrected chi connectivity index (χ2v) is 11.4. The molecule has 8 heteroatoms. The van der Waals surface area contributed by atoms with Crippen LogP contribution < -0.4 is 5.56 Å². The largest absolute Gasteiger partial charge is 0.376 e. The van der Waals surface area contributed by atoms with Gasteiger partial charge in [-0.1, -0.05) is 31.4 Å². The highest BCUT2D eigenvalue weighted by atomic mass is 16.5. The van der Waals surface area contributed by atoms with E-state index in [1.165, 1.54) is 44.1 Å². The Labute approximate surface area is 212 Å². The first kappa shape index (κ1) is 23.8. The van der Waals surface area contributed by atoms with Crippen molar-refractivity contribution in [1.82, 2.24) is 30.1 Å². The number of fused-ring (bicyclic) bond motifs is 1. The zero-order valence-corrected chi connectivity index (χ0v) is 21.6. The molecule has 0 unspecified atom stereocenters. The van der Waals surface area contributed by atoms with Gasteiger partial charge in [-0.15, -0.1) is 5.10 Å². The van der Waals surface area contributed by atoms with E-state index in [2.05, 4.69) is 57.5 Å². The summed E-state index contributed by atoms with van der Waals surface area (Å²) in [5.41, 5.74) is 4.26. The highest BCUT2D eigenvalue weighted by Gasteiger charge is 2.41. The van der Waals surface area contributed by atoms with Gasteiger partial charge in [-0.3, -0.25) is 9.69 Å². The van der Waals surface area contributed by atoms with Crippen LogP contribution in [0.15, 0.2) is 23.0 Å². The van der Waals surface area contributed by atoms with Crippen LogP contribution in [0.4, 0.5) is 0 Å². The van der Waals surface area contributed by atoms with Gasteiger partial charge in [0.1, 0.15) is 6.04 Å². The van der Waals surface area contributed by atoms with Crippen molar-refractivity contribution in [3.63, 3.8) is 0 Å². The summed E-state index contributed by atoms with van der Waals surface area (Å²) in [5, 5.41) is 14.1. The van der Waals surface area contributed by atoms with E-state index in [0.29, 0.717) is 12.0 Å². The van der Waals surface area contributed by atoms with Crippen LogP contribution >= 0.6 is 0 Å². The Balaban J connectivity index is 1.45. The number of H-pyrrole nitrogens is 1. The van der Waals surface area contributed by atoms with Crippen molar-refractivity contribution in [3.05, 3.63) is 51.1 Å². The Kier molecular flexibility index (Phi) is 6.42. The molecule has 6 rings (SSSR count). The van der Waals surface area contributed by atoms with Crippen LogP contribution in [0.2, 0.25) is 0 Å². The minimum Gasteiger partial charge on any atom is -0.376 e. The number of hydrogen-bond donors (Lipinski definition) is 1. The number of ether oxygens (including phenoxy) is 1. The Morgan fingerprint density at radius 1 is 1.14 bits per heavy atom. The zero-order valence-electron chi connectivity index (χ0n) is 21.6. The zero-order chi connectivity index (χ0) is 24.7. The SMILES string of the molecule is Cc1ccc2cc([C@@H](c3nnnn3C[C@H]3CCCO3)N3CCCC4(CCCCC4)C3)c(=O)[nH]c2c1C. The lowest BCUT2D eigenvalue weighted by atomic mass is 9.69. The Morgan fingerprint density at radius 3 is 2.78 bits per heavy atom. The summed E-state index contributed by atoms with van der Waals surface area (Å²) < 4.78 is 7.81. The van der Waals surface area contributed by atoms with Gasteiger partial charge in [0.05, 0.1) is 18.2 Å². The average molecular weight is 491 g/mol. The smallest absolute Gasteiger partial charge is 0.253 e. The number of benzene rings is 1. The molecule has 1 N–H and O–H groups in total. The summed E-state index contributed by atoms with van der Waals surface area (Å²) in [6.07, 6.45) is 11.2. The topological polar surface area (TPSA) is 88.9 Å². The molecule has 2 saturated heterocycles. The van der Waals surface area contributed by atoms with E-state index >= 15 is 0 Å². The molecule has 2 aliphatic heterocycles. The molecule has 8 nitrogen and oxygen atoms in total. The van der Waals surface area contributed by atoms with Crippen LogP contribution in [0, 0.1) is 19.3 Å². The molecular formula is C28H38N6O2. The molecule has 3 aromatic rings. The molecule has 1 aromatic carbocycles. The first-order valence-electron chi connectivity index (χ1n) is 13.8. The minimum absolute atomic E-state index is 0.0452. The van der Waals surface area contributed by atoms with Gasteiger partial charge in [0.2, 0.25) is 0 Å². The fourth-order valence-electron chi connectivity index (χ4n) is 6.94. The van der Waals surface area contributed by atoms with Crippen LogP contribution in [-0.2, 0) is 11.3 Å². The van der Waals surface area contributed by atoms with Gasteiger partial charge >= 0.3 is 0 Å². The molecule has 0 bridgehead atoms. The summed E-state index contributed by atoms with van der Waals surface area (Å²) in [6, 6.07) is 6.05. The molecule has 192 valence electrons. The minimum atomic E-state index is -0.282. The number of nitrogens with zero attached hydrogens (tertiary/aromatic N) is 5. The number of aryl methyl sites for hydroxylation is 2. The summed E-state index contributed by atoms with van der Waals surface area (Å²) in [6.45, 7) is 7.52. The third-order valence-electron chi connectivity index (χ3n) is 9.05. The van der Waals surface area contributed by atoms with E-state index in [4.69, 9.17) is 4.74 Å². The second-order valence-electron chi connectivity index (χ2n) is 11.4. The quantitative estimate of drug-likeness (QED) is 0.569. The van der Waals surface area contributed by atoms with Crippen molar-refractivity contribution in [2.75, 3.05) is 19.7 Å². The van der Waals surface area contributed by atoms with E-state index in [-0.39, 0.29) is 17.7 Å². The monoisotopic (exact) mass is 490 g/mol. The Morgan fingerprint density at radius 2 is 1.97 bits per heavy atom. The van der Waals surface area contributed by atoms with Gasteiger partial charge in [-0.2, -0.15) is 0 Å². The predicted octanol–water partition coefficient (Wildman–Crippen LogP) is 4.45. The molecule has 3 aliphatic rings. The molecule has 1 saturated carbocycles. The highest BCUT2D eigenvalue weighted by molar-refractivity contribution is 5.83. The maximum atomic E-state index is 13.7. The maximum absolute atomic E-state index is 13.7. The molecule has 36 heavy (non-hydrogen) atoms. The van der Waals surface area contributed by atoms with Gasteiger partial charge in [-0.05, 0) is 97.3 Å². The molecule has 1 aliphatic carbocycles. The van der Waals surface area contributed by atoms with Crippen LogP contribution in [0.25, 0.3) is 10.9 Å². The van der Waals surface area contributed by atoms with Gasteiger partial charge in [0.25, 0.3) is 5.56 Å². The van der Waals surface area contributed by atoms with Crippen LogP contribution in [0.5, 0.6) is 0 Å².